The van der Waals surface area contributed by atoms with Gasteiger partial charge in [0.15, 0.2) is 18.7 Å². The Hall–Kier alpha value is -3.06. The molecule has 4 rings (SSSR count). The second kappa shape index (κ2) is 6.45. The van der Waals surface area contributed by atoms with Crippen molar-refractivity contribution in [2.45, 2.75) is 13.5 Å². The maximum atomic E-state index is 7.95. The Morgan fingerprint density at radius 3 is 3.00 bits per heavy atom. The van der Waals surface area contributed by atoms with Crippen LogP contribution in [0, 0.1) is 6.92 Å². The minimum absolute atomic E-state index is 0.398. The second-order valence-corrected chi connectivity index (χ2v) is 5.89. The summed E-state index contributed by atoms with van der Waals surface area (Å²) >= 11 is 6.02. The number of imidazole rings is 1. The van der Waals surface area contributed by atoms with Crippen molar-refractivity contribution in [3.05, 3.63) is 59.4 Å². The van der Waals surface area contributed by atoms with E-state index in [-0.39, 0.29) is 0 Å². The van der Waals surface area contributed by atoms with Crippen LogP contribution in [-0.4, -0.2) is 29.9 Å². The lowest BCUT2D eigenvalue weighted by atomic mass is 10.2. The van der Waals surface area contributed by atoms with Crippen molar-refractivity contribution in [2.24, 2.45) is 0 Å². The number of hydrogen-bond donors (Lipinski definition) is 2. The zero-order valence-corrected chi connectivity index (χ0v) is 14.1. The molecule has 0 spiro atoms. The number of aromatic nitrogens is 6. The number of halogens is 1. The van der Waals surface area contributed by atoms with Gasteiger partial charge in [-0.05, 0) is 25.1 Å². The summed E-state index contributed by atoms with van der Waals surface area (Å²) in [5.74, 6) is 0.945. The Morgan fingerprint density at radius 1 is 1.24 bits per heavy atom. The third kappa shape index (κ3) is 3.27. The molecule has 0 radical (unpaired) electrons. The minimum atomic E-state index is 0.398. The van der Waals surface area contributed by atoms with E-state index in [9.17, 15) is 0 Å². The van der Waals surface area contributed by atoms with Gasteiger partial charge in [0.1, 0.15) is 5.52 Å². The quantitative estimate of drug-likeness (QED) is 0.585. The number of rotatable bonds is 4. The maximum absolute atomic E-state index is 7.95. The SMILES string of the molecule is [2H]n1cnc2c(NCc3cccc(C)n3)nc(-c3cncc(Cl)c3)nc21. The van der Waals surface area contributed by atoms with Gasteiger partial charge in [0.25, 0.3) is 0 Å². The van der Waals surface area contributed by atoms with E-state index in [1.165, 1.54) is 6.33 Å². The van der Waals surface area contributed by atoms with Crippen molar-refractivity contribution in [3.8, 4) is 11.4 Å². The van der Waals surface area contributed by atoms with Crippen LogP contribution in [0.2, 0.25) is 6.43 Å². The Balaban J connectivity index is 1.75. The molecule has 0 aliphatic carbocycles. The van der Waals surface area contributed by atoms with E-state index in [2.05, 4.69) is 30.2 Å². The molecular formula is C17H14ClN7. The van der Waals surface area contributed by atoms with E-state index < -0.39 is 0 Å². The van der Waals surface area contributed by atoms with Gasteiger partial charge in [-0.1, -0.05) is 17.7 Å². The molecule has 4 heterocycles. The van der Waals surface area contributed by atoms with Crippen LogP contribution in [0.15, 0.2) is 43.0 Å². The first kappa shape index (κ1) is 14.3. The molecular weight excluding hydrogens is 338 g/mol. The van der Waals surface area contributed by atoms with Crippen LogP contribution in [0.1, 0.15) is 11.4 Å². The first-order valence-electron chi connectivity index (χ1n) is 8.06. The van der Waals surface area contributed by atoms with Gasteiger partial charge in [0.2, 0.25) is 0 Å². The average Bonchev–Trinajstić information content (AvgIpc) is 3.01. The summed E-state index contributed by atoms with van der Waals surface area (Å²) in [6, 6.07) is 7.56. The first-order chi connectivity index (χ1) is 12.6. The molecule has 0 atom stereocenters. The van der Waals surface area contributed by atoms with Crippen molar-refractivity contribution < 1.29 is 1.41 Å². The summed E-state index contributed by atoms with van der Waals surface area (Å²) in [4.78, 5) is 22.9. The summed E-state index contributed by atoms with van der Waals surface area (Å²) in [5, 5.41) is 3.73. The van der Waals surface area contributed by atoms with E-state index in [0.717, 1.165) is 16.4 Å². The maximum Gasteiger partial charge on any atom is 0.169 e. The van der Waals surface area contributed by atoms with Gasteiger partial charge >= 0.3 is 0 Å². The third-order valence-electron chi connectivity index (χ3n) is 3.58. The predicted molar refractivity (Wildman–Crippen MR) is 96.2 cm³/mol. The number of H-pyrrole nitrogens is 1. The molecule has 7 nitrogen and oxygen atoms in total. The molecule has 4 aromatic rings. The Bertz CT molecular complexity index is 1100. The fourth-order valence-electron chi connectivity index (χ4n) is 2.45. The van der Waals surface area contributed by atoms with E-state index in [0.29, 0.717) is 39.9 Å². The predicted octanol–water partition coefficient (Wildman–Crippen LogP) is 3.38. The number of anilines is 1. The van der Waals surface area contributed by atoms with Crippen LogP contribution in [0.4, 0.5) is 5.82 Å². The van der Waals surface area contributed by atoms with E-state index in [4.69, 9.17) is 13.0 Å². The lowest BCUT2D eigenvalue weighted by molar-refractivity contribution is 1.00. The van der Waals surface area contributed by atoms with Crippen LogP contribution in [0.5, 0.6) is 0 Å². The molecule has 2 N–H and O–H groups in total. The monoisotopic (exact) mass is 352 g/mol. The van der Waals surface area contributed by atoms with E-state index in [1.807, 2.05) is 25.1 Å². The Kier molecular flexibility index (Phi) is 3.69. The van der Waals surface area contributed by atoms with Crippen LogP contribution in [0.3, 0.4) is 0 Å². The lowest BCUT2D eigenvalue weighted by Gasteiger charge is -2.08. The van der Waals surface area contributed by atoms with Crippen LogP contribution >= 0.6 is 11.6 Å². The molecule has 124 valence electrons. The molecule has 0 bridgehead atoms. The normalized spacial score (nSPS) is 11.5. The molecule has 0 amide bonds. The van der Waals surface area contributed by atoms with Gasteiger partial charge in [-0.2, -0.15) is 0 Å². The van der Waals surface area contributed by atoms with Gasteiger partial charge < -0.3 is 10.3 Å². The molecule has 0 saturated carbocycles. The smallest absolute Gasteiger partial charge is 0.169 e. The number of fused-ring (bicyclic) bond motifs is 1. The number of nitrogens with one attached hydrogen (secondary N) is 2. The summed E-state index contributed by atoms with van der Waals surface area (Å²) < 4.78 is 7.95. The Labute approximate surface area is 150 Å². The highest BCUT2D eigenvalue weighted by Crippen LogP contribution is 2.24. The Morgan fingerprint density at radius 2 is 2.16 bits per heavy atom. The largest absolute Gasteiger partial charge is 0.362 e. The number of aromatic amines is 1. The number of aryl methyl sites for hydroxylation is 1. The zero-order valence-electron chi connectivity index (χ0n) is 14.3. The average molecular weight is 353 g/mol. The molecule has 0 unspecified atom stereocenters. The molecule has 0 aliphatic rings. The molecule has 25 heavy (non-hydrogen) atoms. The van der Waals surface area contributed by atoms with Crippen LogP contribution in [0.25, 0.3) is 22.6 Å². The highest BCUT2D eigenvalue weighted by Gasteiger charge is 2.12. The van der Waals surface area contributed by atoms with Crippen LogP contribution < -0.4 is 5.32 Å². The van der Waals surface area contributed by atoms with E-state index in [1.54, 1.807) is 18.5 Å². The topological polar surface area (TPSA) is 92.3 Å². The number of hydrogen-bond acceptors (Lipinski definition) is 6. The van der Waals surface area contributed by atoms with Crippen molar-refractivity contribution in [1.82, 2.24) is 29.9 Å². The van der Waals surface area contributed by atoms with Gasteiger partial charge in [0.05, 0.1) is 23.6 Å². The molecule has 0 aliphatic heterocycles. The first-order valence-corrected chi connectivity index (χ1v) is 7.99. The highest BCUT2D eigenvalue weighted by atomic mass is 35.5. The lowest BCUT2D eigenvalue weighted by Crippen LogP contribution is -2.06. The third-order valence-corrected chi connectivity index (χ3v) is 3.79. The van der Waals surface area contributed by atoms with Crippen LogP contribution in [-0.2, 0) is 6.54 Å². The van der Waals surface area contributed by atoms with Crippen molar-refractivity contribution in [3.63, 3.8) is 0 Å². The summed E-state index contributed by atoms with van der Waals surface area (Å²) in [6.07, 6.45) is 4.56. The van der Waals surface area contributed by atoms with Gasteiger partial charge in [-0.25, -0.2) is 15.0 Å². The minimum Gasteiger partial charge on any atom is -0.362 e. The summed E-state index contributed by atoms with van der Waals surface area (Å²) in [5.41, 5.74) is 3.41. The molecule has 0 saturated heterocycles. The summed E-state index contributed by atoms with van der Waals surface area (Å²) in [7, 11) is 0. The van der Waals surface area contributed by atoms with Gasteiger partial charge in [-0.3, -0.25) is 9.97 Å². The fourth-order valence-corrected chi connectivity index (χ4v) is 2.63. The molecule has 4 aromatic heterocycles. The standard InChI is InChI=1S/C17H14ClN7/c1-10-3-2-4-13(23-10)8-20-16-14-17(22-9-21-14)25-15(24-16)11-5-12(18)7-19-6-11/h2-7,9H,8H2,1H3,(H2,20,21,22,24,25)/i/hD. The second-order valence-electron chi connectivity index (χ2n) is 5.46. The van der Waals surface area contributed by atoms with Crippen molar-refractivity contribution in [2.75, 3.05) is 5.32 Å². The van der Waals surface area contributed by atoms with Crippen molar-refractivity contribution >= 4 is 28.6 Å². The molecule has 0 aromatic carbocycles. The molecule has 8 heteroatoms. The van der Waals surface area contributed by atoms with E-state index >= 15 is 0 Å². The number of pyridine rings is 2. The summed E-state index contributed by atoms with van der Waals surface area (Å²) in [6.45, 7) is 2.42. The fraction of sp³-hybridized carbons (Fsp3) is 0.118. The van der Waals surface area contributed by atoms with Gasteiger partial charge in [-0.15, -0.1) is 0 Å². The van der Waals surface area contributed by atoms with Gasteiger partial charge in [0, 0.05) is 23.7 Å². The molecule has 0 fully saturated rings. The van der Waals surface area contributed by atoms with Crippen molar-refractivity contribution in [1.29, 1.82) is 0 Å². The number of nitrogens with zero attached hydrogens (tertiary/aromatic N) is 5. The highest BCUT2D eigenvalue weighted by molar-refractivity contribution is 6.30. The zero-order chi connectivity index (χ0) is 18.1.